The minimum Gasteiger partial charge on any atom is -0.258 e. The van der Waals surface area contributed by atoms with Crippen LogP contribution in [0, 0.1) is 17.0 Å². The molecule has 0 atom stereocenters. The maximum Gasteiger partial charge on any atom is 0.279 e. The van der Waals surface area contributed by atoms with Crippen LogP contribution < -0.4 is 0 Å². The van der Waals surface area contributed by atoms with Gasteiger partial charge in [-0.3, -0.25) is 10.1 Å². The first-order valence-corrected chi connectivity index (χ1v) is 4.63. The second-order valence-electron chi connectivity index (χ2n) is 3.50. The fraction of sp³-hybridized carbons (Fsp3) is 0.273. The third kappa shape index (κ3) is 1.31. The monoisotopic (exact) mass is 189 g/mol. The Morgan fingerprint density at radius 1 is 1.43 bits per heavy atom. The smallest absolute Gasteiger partial charge is 0.258 e. The van der Waals surface area contributed by atoms with Crippen LogP contribution in [0.4, 0.5) is 5.69 Å². The first kappa shape index (κ1) is 8.94. The molecule has 1 aromatic carbocycles. The number of hydrogen-bond acceptors (Lipinski definition) is 2. The molecule has 0 fully saturated rings. The standard InChI is InChI=1S/C11H11NO2/c1-8-6-7-9-4-2-3-5-10(9)11(8)12(13)14/h3,5-7H,2,4H2,1H3. The molecule has 1 aliphatic carbocycles. The van der Waals surface area contributed by atoms with Crippen LogP contribution in [0.25, 0.3) is 6.08 Å². The average molecular weight is 189 g/mol. The zero-order valence-corrected chi connectivity index (χ0v) is 7.99. The topological polar surface area (TPSA) is 43.1 Å². The molecule has 0 unspecified atom stereocenters. The second-order valence-corrected chi connectivity index (χ2v) is 3.50. The van der Waals surface area contributed by atoms with Crippen LogP contribution in [0.2, 0.25) is 0 Å². The Bertz CT molecular complexity index is 422. The molecule has 0 aromatic heterocycles. The molecule has 1 aromatic rings. The third-order valence-electron chi connectivity index (χ3n) is 2.56. The molecule has 2 rings (SSSR count). The molecule has 3 nitrogen and oxygen atoms in total. The third-order valence-corrected chi connectivity index (χ3v) is 2.56. The largest absolute Gasteiger partial charge is 0.279 e. The lowest BCUT2D eigenvalue weighted by Crippen LogP contribution is -2.01. The predicted molar refractivity (Wildman–Crippen MR) is 55.2 cm³/mol. The van der Waals surface area contributed by atoms with Crippen molar-refractivity contribution < 1.29 is 4.92 Å². The van der Waals surface area contributed by atoms with Gasteiger partial charge in [-0.05, 0) is 25.3 Å². The molecule has 0 N–H and O–H groups in total. The lowest BCUT2D eigenvalue weighted by Gasteiger charge is -2.11. The van der Waals surface area contributed by atoms with Gasteiger partial charge in [0, 0.05) is 5.56 Å². The molecular formula is C11H11NO2. The van der Waals surface area contributed by atoms with E-state index >= 15 is 0 Å². The van der Waals surface area contributed by atoms with Gasteiger partial charge in [-0.15, -0.1) is 0 Å². The molecule has 72 valence electrons. The van der Waals surface area contributed by atoms with Crippen molar-refractivity contribution in [3.63, 3.8) is 0 Å². The molecule has 0 aliphatic heterocycles. The van der Waals surface area contributed by atoms with Gasteiger partial charge >= 0.3 is 0 Å². The first-order valence-electron chi connectivity index (χ1n) is 4.63. The van der Waals surface area contributed by atoms with E-state index in [1.807, 2.05) is 24.3 Å². The van der Waals surface area contributed by atoms with Gasteiger partial charge in [0.05, 0.1) is 10.5 Å². The van der Waals surface area contributed by atoms with E-state index in [0.717, 1.165) is 29.5 Å². The van der Waals surface area contributed by atoms with Gasteiger partial charge in [0.1, 0.15) is 0 Å². The summed E-state index contributed by atoms with van der Waals surface area (Å²) in [7, 11) is 0. The van der Waals surface area contributed by atoms with Crippen molar-refractivity contribution in [1.82, 2.24) is 0 Å². The lowest BCUT2D eigenvalue weighted by molar-refractivity contribution is -0.385. The van der Waals surface area contributed by atoms with Crippen molar-refractivity contribution in [2.45, 2.75) is 19.8 Å². The van der Waals surface area contributed by atoms with Crippen LogP contribution in [0.15, 0.2) is 18.2 Å². The fourth-order valence-corrected chi connectivity index (χ4v) is 1.85. The summed E-state index contributed by atoms with van der Waals surface area (Å²) in [5, 5.41) is 10.9. The number of nitro groups is 1. The zero-order valence-electron chi connectivity index (χ0n) is 7.99. The highest BCUT2D eigenvalue weighted by Crippen LogP contribution is 2.31. The van der Waals surface area contributed by atoms with E-state index in [-0.39, 0.29) is 10.6 Å². The summed E-state index contributed by atoms with van der Waals surface area (Å²) in [6.07, 6.45) is 5.75. The summed E-state index contributed by atoms with van der Waals surface area (Å²) in [5.41, 5.74) is 2.88. The molecule has 0 radical (unpaired) electrons. The van der Waals surface area contributed by atoms with Crippen LogP contribution in [0.1, 0.15) is 23.1 Å². The van der Waals surface area contributed by atoms with E-state index in [0.29, 0.717) is 0 Å². The highest BCUT2D eigenvalue weighted by molar-refractivity contribution is 5.68. The number of rotatable bonds is 1. The molecule has 0 saturated heterocycles. The van der Waals surface area contributed by atoms with E-state index in [4.69, 9.17) is 0 Å². The second kappa shape index (κ2) is 3.25. The molecule has 0 bridgehead atoms. The molecular weight excluding hydrogens is 178 g/mol. The fourth-order valence-electron chi connectivity index (χ4n) is 1.85. The van der Waals surface area contributed by atoms with E-state index in [1.165, 1.54) is 0 Å². The van der Waals surface area contributed by atoms with Gasteiger partial charge in [-0.1, -0.05) is 24.3 Å². The highest BCUT2D eigenvalue weighted by Gasteiger charge is 2.19. The number of hydrogen-bond donors (Lipinski definition) is 0. The van der Waals surface area contributed by atoms with Gasteiger partial charge in [0.15, 0.2) is 0 Å². The molecule has 1 aliphatic rings. The van der Waals surface area contributed by atoms with E-state index in [9.17, 15) is 10.1 Å². The van der Waals surface area contributed by atoms with E-state index in [2.05, 4.69) is 0 Å². The number of benzene rings is 1. The Morgan fingerprint density at radius 2 is 2.21 bits per heavy atom. The Morgan fingerprint density at radius 3 is 2.93 bits per heavy atom. The number of nitro benzene ring substituents is 1. The quantitative estimate of drug-likeness (QED) is 0.503. The van der Waals surface area contributed by atoms with Crippen molar-refractivity contribution in [2.24, 2.45) is 0 Å². The molecule has 0 spiro atoms. The average Bonchev–Trinajstić information content (AvgIpc) is 2.17. The van der Waals surface area contributed by atoms with Crippen molar-refractivity contribution in [1.29, 1.82) is 0 Å². The molecule has 0 heterocycles. The minimum absolute atomic E-state index is 0.262. The molecule has 3 heteroatoms. The molecule has 14 heavy (non-hydrogen) atoms. The number of nitrogens with zero attached hydrogens (tertiary/aromatic N) is 1. The Balaban J connectivity index is 2.69. The molecule has 0 amide bonds. The van der Waals surface area contributed by atoms with Gasteiger partial charge in [0.2, 0.25) is 0 Å². The van der Waals surface area contributed by atoms with Gasteiger partial charge < -0.3 is 0 Å². The van der Waals surface area contributed by atoms with Crippen LogP contribution in [-0.4, -0.2) is 4.92 Å². The zero-order chi connectivity index (χ0) is 10.1. The summed E-state index contributed by atoms with van der Waals surface area (Å²) < 4.78 is 0. The van der Waals surface area contributed by atoms with Gasteiger partial charge in [-0.25, -0.2) is 0 Å². The Kier molecular flexibility index (Phi) is 2.08. The Labute approximate surface area is 82.2 Å². The predicted octanol–water partition coefficient (Wildman–Crippen LogP) is 2.86. The van der Waals surface area contributed by atoms with E-state index < -0.39 is 0 Å². The van der Waals surface area contributed by atoms with Crippen molar-refractivity contribution >= 4 is 11.8 Å². The summed E-state index contributed by atoms with van der Waals surface area (Å²) in [6, 6.07) is 3.82. The minimum atomic E-state index is -0.288. The van der Waals surface area contributed by atoms with Crippen molar-refractivity contribution in [3.8, 4) is 0 Å². The van der Waals surface area contributed by atoms with Crippen molar-refractivity contribution in [2.75, 3.05) is 0 Å². The summed E-state index contributed by atoms with van der Waals surface area (Å²) in [6.45, 7) is 1.78. The first-order chi connectivity index (χ1) is 6.70. The Hall–Kier alpha value is -1.64. The highest BCUT2D eigenvalue weighted by atomic mass is 16.6. The maximum atomic E-state index is 10.9. The number of aryl methyl sites for hydroxylation is 2. The summed E-state index contributed by atoms with van der Waals surface area (Å²) in [5.74, 6) is 0. The van der Waals surface area contributed by atoms with Gasteiger partial charge in [0.25, 0.3) is 5.69 Å². The summed E-state index contributed by atoms with van der Waals surface area (Å²) in [4.78, 5) is 10.6. The van der Waals surface area contributed by atoms with Crippen LogP contribution >= 0.6 is 0 Å². The summed E-state index contributed by atoms with van der Waals surface area (Å²) >= 11 is 0. The van der Waals surface area contributed by atoms with Crippen LogP contribution in [-0.2, 0) is 6.42 Å². The normalized spacial score (nSPS) is 13.8. The lowest BCUT2D eigenvalue weighted by atomic mass is 9.94. The van der Waals surface area contributed by atoms with E-state index in [1.54, 1.807) is 6.92 Å². The van der Waals surface area contributed by atoms with Crippen LogP contribution in [0.5, 0.6) is 0 Å². The molecule has 0 saturated carbocycles. The van der Waals surface area contributed by atoms with Gasteiger partial charge in [-0.2, -0.15) is 0 Å². The van der Waals surface area contributed by atoms with Crippen molar-refractivity contribution in [3.05, 3.63) is 45.0 Å². The van der Waals surface area contributed by atoms with Crippen LogP contribution in [0.3, 0.4) is 0 Å². The maximum absolute atomic E-state index is 10.9. The number of allylic oxidation sites excluding steroid dienone is 1. The number of fused-ring (bicyclic) bond motifs is 1. The SMILES string of the molecule is Cc1ccc2c(c1[N+](=O)[O-])C=CCC2.